The summed E-state index contributed by atoms with van der Waals surface area (Å²) in [6.07, 6.45) is 1.48. The zero-order chi connectivity index (χ0) is 8.69. The predicted octanol–water partition coefficient (Wildman–Crippen LogP) is 0.932. The summed E-state index contributed by atoms with van der Waals surface area (Å²) < 4.78 is 0. The fourth-order valence-electron chi connectivity index (χ4n) is 0.673. The standard InChI is InChI=1S/C7H15NO2S/c1-2-11-5-3-4-6(8)7(9)10/h6H,2-5,8H2,1H3,(H,9,10)/t6-/m0/s1. The van der Waals surface area contributed by atoms with E-state index in [0.29, 0.717) is 6.42 Å². The summed E-state index contributed by atoms with van der Waals surface area (Å²) in [5.74, 6) is 1.20. The maximum Gasteiger partial charge on any atom is 0.320 e. The summed E-state index contributed by atoms with van der Waals surface area (Å²) in [4.78, 5) is 10.2. The van der Waals surface area contributed by atoms with Crippen LogP contribution in [0.25, 0.3) is 0 Å². The molecule has 0 saturated carbocycles. The Morgan fingerprint density at radius 3 is 2.82 bits per heavy atom. The lowest BCUT2D eigenvalue weighted by Crippen LogP contribution is -2.29. The van der Waals surface area contributed by atoms with Gasteiger partial charge in [0.2, 0.25) is 0 Å². The minimum Gasteiger partial charge on any atom is -0.480 e. The number of rotatable bonds is 6. The van der Waals surface area contributed by atoms with Gasteiger partial charge >= 0.3 is 5.97 Å². The van der Waals surface area contributed by atoms with Gasteiger partial charge in [-0.2, -0.15) is 11.8 Å². The fourth-order valence-corrected chi connectivity index (χ4v) is 1.33. The molecule has 66 valence electrons. The molecule has 4 heteroatoms. The van der Waals surface area contributed by atoms with E-state index in [0.717, 1.165) is 17.9 Å². The minimum atomic E-state index is -0.897. The number of carboxylic acid groups (broad SMARTS) is 1. The first-order valence-electron chi connectivity index (χ1n) is 3.74. The molecule has 0 aliphatic rings. The van der Waals surface area contributed by atoms with Crippen LogP contribution in [0.2, 0.25) is 0 Å². The number of carboxylic acids is 1. The van der Waals surface area contributed by atoms with Crippen molar-refractivity contribution in [3.63, 3.8) is 0 Å². The van der Waals surface area contributed by atoms with Crippen LogP contribution in [0.15, 0.2) is 0 Å². The Kier molecular flexibility index (Phi) is 6.36. The topological polar surface area (TPSA) is 63.3 Å². The molecule has 0 aromatic rings. The van der Waals surface area contributed by atoms with Crippen LogP contribution in [0.3, 0.4) is 0 Å². The zero-order valence-corrected chi connectivity index (χ0v) is 7.56. The maximum absolute atomic E-state index is 10.2. The molecule has 0 aromatic carbocycles. The van der Waals surface area contributed by atoms with E-state index in [2.05, 4.69) is 6.92 Å². The summed E-state index contributed by atoms with van der Waals surface area (Å²) in [7, 11) is 0. The molecule has 0 rings (SSSR count). The van der Waals surface area contributed by atoms with Gasteiger partial charge in [0.25, 0.3) is 0 Å². The maximum atomic E-state index is 10.2. The molecule has 0 fully saturated rings. The third-order valence-corrected chi connectivity index (χ3v) is 2.31. The molecular formula is C7H15NO2S. The second-order valence-electron chi connectivity index (χ2n) is 2.28. The van der Waals surface area contributed by atoms with Crippen molar-refractivity contribution in [3.8, 4) is 0 Å². The van der Waals surface area contributed by atoms with Crippen molar-refractivity contribution in [2.75, 3.05) is 11.5 Å². The van der Waals surface area contributed by atoms with E-state index >= 15 is 0 Å². The molecule has 0 bridgehead atoms. The molecule has 0 aliphatic heterocycles. The molecule has 0 unspecified atom stereocenters. The van der Waals surface area contributed by atoms with E-state index < -0.39 is 12.0 Å². The largest absolute Gasteiger partial charge is 0.480 e. The zero-order valence-electron chi connectivity index (χ0n) is 6.75. The summed E-state index contributed by atoms with van der Waals surface area (Å²) in [6.45, 7) is 2.09. The van der Waals surface area contributed by atoms with E-state index in [1.807, 2.05) is 11.8 Å². The third-order valence-electron chi connectivity index (χ3n) is 1.33. The Bertz CT molecular complexity index is 119. The quantitative estimate of drug-likeness (QED) is 0.592. The Labute approximate surface area is 71.3 Å². The molecule has 0 radical (unpaired) electrons. The van der Waals surface area contributed by atoms with Crippen molar-refractivity contribution < 1.29 is 9.90 Å². The van der Waals surface area contributed by atoms with Crippen LogP contribution in [0.5, 0.6) is 0 Å². The van der Waals surface area contributed by atoms with Crippen LogP contribution in [0.4, 0.5) is 0 Å². The van der Waals surface area contributed by atoms with Gasteiger partial charge in [-0.25, -0.2) is 0 Å². The molecule has 0 aromatic heterocycles. The summed E-state index contributed by atoms with van der Waals surface area (Å²) in [5.41, 5.74) is 5.29. The smallest absolute Gasteiger partial charge is 0.320 e. The molecule has 3 nitrogen and oxygen atoms in total. The van der Waals surface area contributed by atoms with E-state index in [1.54, 1.807) is 0 Å². The van der Waals surface area contributed by atoms with E-state index in [-0.39, 0.29) is 0 Å². The molecule has 3 N–H and O–H groups in total. The van der Waals surface area contributed by atoms with Crippen LogP contribution < -0.4 is 5.73 Å². The average molecular weight is 177 g/mol. The van der Waals surface area contributed by atoms with Crippen LogP contribution in [0, 0.1) is 0 Å². The second kappa shape index (κ2) is 6.49. The third kappa shape index (κ3) is 6.19. The summed E-state index contributed by atoms with van der Waals surface area (Å²) >= 11 is 1.81. The normalized spacial score (nSPS) is 12.9. The van der Waals surface area contributed by atoms with Gasteiger partial charge in [0.15, 0.2) is 0 Å². The minimum absolute atomic E-state index is 0.586. The van der Waals surface area contributed by atoms with Gasteiger partial charge in [-0.3, -0.25) is 4.79 Å². The molecule has 0 spiro atoms. The van der Waals surface area contributed by atoms with Crippen molar-refractivity contribution in [3.05, 3.63) is 0 Å². The lowest BCUT2D eigenvalue weighted by atomic mass is 10.2. The van der Waals surface area contributed by atoms with Gasteiger partial charge in [0.1, 0.15) is 6.04 Å². The first kappa shape index (κ1) is 10.8. The molecule has 0 heterocycles. The lowest BCUT2D eigenvalue weighted by molar-refractivity contribution is -0.138. The van der Waals surface area contributed by atoms with Crippen LogP contribution in [-0.2, 0) is 4.79 Å². The fraction of sp³-hybridized carbons (Fsp3) is 0.857. The molecule has 0 amide bonds. The molecule has 11 heavy (non-hydrogen) atoms. The highest BCUT2D eigenvalue weighted by Gasteiger charge is 2.09. The van der Waals surface area contributed by atoms with Crippen LogP contribution in [-0.4, -0.2) is 28.6 Å². The Hall–Kier alpha value is -0.220. The van der Waals surface area contributed by atoms with Gasteiger partial charge in [-0.15, -0.1) is 0 Å². The van der Waals surface area contributed by atoms with Gasteiger partial charge in [0.05, 0.1) is 0 Å². The highest BCUT2D eigenvalue weighted by molar-refractivity contribution is 7.99. The van der Waals surface area contributed by atoms with Crippen molar-refractivity contribution in [1.29, 1.82) is 0 Å². The number of hydrogen-bond donors (Lipinski definition) is 2. The van der Waals surface area contributed by atoms with Crippen molar-refractivity contribution in [1.82, 2.24) is 0 Å². The van der Waals surface area contributed by atoms with Crippen molar-refractivity contribution in [2.24, 2.45) is 5.73 Å². The second-order valence-corrected chi connectivity index (χ2v) is 3.68. The lowest BCUT2D eigenvalue weighted by Gasteiger charge is -2.04. The monoisotopic (exact) mass is 177 g/mol. The molecule has 0 aliphatic carbocycles. The molecule has 0 saturated heterocycles. The number of aliphatic carboxylic acids is 1. The Morgan fingerprint density at radius 1 is 1.73 bits per heavy atom. The van der Waals surface area contributed by atoms with Gasteiger partial charge < -0.3 is 10.8 Å². The van der Waals surface area contributed by atoms with E-state index in [4.69, 9.17) is 10.8 Å². The SMILES string of the molecule is CCSCCC[C@H](N)C(=O)O. The number of thioether (sulfide) groups is 1. The van der Waals surface area contributed by atoms with Crippen LogP contribution >= 0.6 is 11.8 Å². The molecular weight excluding hydrogens is 162 g/mol. The van der Waals surface area contributed by atoms with Gasteiger partial charge in [-0.05, 0) is 24.3 Å². The van der Waals surface area contributed by atoms with Crippen LogP contribution in [0.1, 0.15) is 19.8 Å². The van der Waals surface area contributed by atoms with E-state index in [9.17, 15) is 4.79 Å². The van der Waals surface area contributed by atoms with Gasteiger partial charge in [0, 0.05) is 0 Å². The first-order valence-corrected chi connectivity index (χ1v) is 4.90. The number of carbonyl (C=O) groups is 1. The van der Waals surface area contributed by atoms with E-state index in [1.165, 1.54) is 0 Å². The Morgan fingerprint density at radius 2 is 2.36 bits per heavy atom. The average Bonchev–Trinajstić information content (AvgIpc) is 1.97. The predicted molar refractivity (Wildman–Crippen MR) is 47.8 cm³/mol. The number of nitrogens with two attached hydrogens (primary N) is 1. The van der Waals surface area contributed by atoms with Crippen molar-refractivity contribution in [2.45, 2.75) is 25.8 Å². The molecule has 1 atom stereocenters. The Balaban J connectivity index is 3.17. The summed E-state index contributed by atoms with van der Waals surface area (Å²) in [5, 5.41) is 8.41. The number of hydrogen-bond acceptors (Lipinski definition) is 3. The highest BCUT2D eigenvalue weighted by atomic mass is 32.2. The van der Waals surface area contributed by atoms with Crippen molar-refractivity contribution >= 4 is 17.7 Å². The first-order chi connectivity index (χ1) is 5.18. The van der Waals surface area contributed by atoms with Gasteiger partial charge in [-0.1, -0.05) is 6.92 Å². The highest BCUT2D eigenvalue weighted by Crippen LogP contribution is 2.04. The summed E-state index contributed by atoms with van der Waals surface area (Å²) in [6, 6.07) is -0.674.